The van der Waals surface area contributed by atoms with Gasteiger partial charge in [-0.05, 0) is 96.3 Å². The van der Waals surface area contributed by atoms with Crippen molar-refractivity contribution in [2.45, 2.75) is 251 Å². The van der Waals surface area contributed by atoms with E-state index in [9.17, 15) is 33.9 Å². The normalized spacial score (nSPS) is 11.2. The number of carbonyl (C=O) groups excluding carboxylic acids is 6. The first-order valence-electron chi connectivity index (χ1n) is 25.8. The third-order valence-electron chi connectivity index (χ3n) is 11.1. The molecule has 0 aliphatic rings. The Hall–Kier alpha value is -3.22. The molecule has 0 unspecified atom stereocenters. The minimum atomic E-state index is -2.46. The highest BCUT2D eigenvalue weighted by Gasteiger charge is 2.43. The first-order valence-corrected chi connectivity index (χ1v) is 25.8. The van der Waals surface area contributed by atoms with E-state index in [1.165, 1.54) is 57.8 Å². The Morgan fingerprint density at radius 1 is 0.297 bits per heavy atom. The fraction of sp³-hybridized carbons (Fsp3) is 0.882. The van der Waals surface area contributed by atoms with E-state index in [0.29, 0.717) is 84.0 Å². The van der Waals surface area contributed by atoms with Gasteiger partial charge < -0.3 is 33.5 Å². The summed E-state index contributed by atoms with van der Waals surface area (Å²) < 4.78 is 32.0. The van der Waals surface area contributed by atoms with Crippen LogP contribution in [-0.2, 0) is 57.2 Å². The molecule has 0 heterocycles. The summed E-state index contributed by atoms with van der Waals surface area (Å²) in [5, 5.41) is 11.3. The molecule has 0 fully saturated rings. The van der Waals surface area contributed by atoms with Gasteiger partial charge in [0.25, 0.3) is 0 Å². The second-order valence-electron chi connectivity index (χ2n) is 17.4. The number of hydrogen-bond donors (Lipinski definition) is 1. The van der Waals surface area contributed by atoms with Crippen LogP contribution < -0.4 is 0 Å². The van der Waals surface area contributed by atoms with E-state index in [2.05, 4.69) is 20.8 Å². The van der Waals surface area contributed by atoms with Crippen molar-refractivity contribution in [3.63, 3.8) is 0 Å². The molecule has 374 valence electrons. The van der Waals surface area contributed by atoms with Gasteiger partial charge in [0.05, 0.1) is 52.5 Å². The van der Waals surface area contributed by atoms with Crippen LogP contribution in [0.15, 0.2) is 0 Å². The van der Waals surface area contributed by atoms with Gasteiger partial charge in [0.15, 0.2) is 5.60 Å². The second-order valence-corrected chi connectivity index (χ2v) is 17.4. The Kier molecular flexibility index (Phi) is 42.7. The molecule has 0 amide bonds. The molecule has 0 atom stereocenters. The molecule has 0 radical (unpaired) electrons. The van der Waals surface area contributed by atoms with Gasteiger partial charge in [0, 0.05) is 19.3 Å². The molecule has 0 rings (SSSR count). The maximum atomic E-state index is 13.2. The zero-order valence-electron chi connectivity index (χ0n) is 40.8. The molecular formula is C51H92O13. The summed E-state index contributed by atoms with van der Waals surface area (Å²) in [5.74, 6) is -3.29. The predicted octanol–water partition coefficient (Wildman–Crippen LogP) is 11.7. The van der Waals surface area contributed by atoms with Crippen LogP contribution >= 0.6 is 0 Å². The summed E-state index contributed by atoms with van der Waals surface area (Å²) in [6, 6.07) is 0. The lowest BCUT2D eigenvalue weighted by molar-refractivity contribution is -0.178. The second kappa shape index (κ2) is 45.0. The topological polar surface area (TPSA) is 178 Å². The lowest BCUT2D eigenvalue weighted by Gasteiger charge is -2.24. The fourth-order valence-corrected chi connectivity index (χ4v) is 7.05. The van der Waals surface area contributed by atoms with E-state index in [0.717, 1.165) is 89.9 Å². The molecule has 64 heavy (non-hydrogen) atoms. The number of hydrogen-bond acceptors (Lipinski definition) is 13. The van der Waals surface area contributed by atoms with Gasteiger partial charge in [-0.3, -0.25) is 24.0 Å². The van der Waals surface area contributed by atoms with Crippen molar-refractivity contribution in [3.05, 3.63) is 0 Å². The maximum absolute atomic E-state index is 13.2. The standard InChI is InChI=1S/C51H92O13/c1-4-7-10-13-16-25-34-45(52)59-37-28-19-21-31-40-62-48(55)43-51(58,50(57)64-42-33-24-23-30-39-61-47(54)36-27-18-15-12-9-6-3)44-49(56)63-41-32-22-20-29-38-60-46(53)35-26-17-14-11-8-5-2/h58H,4-44H2,1-3H3. The zero-order valence-corrected chi connectivity index (χ0v) is 40.8. The smallest absolute Gasteiger partial charge is 0.339 e. The van der Waals surface area contributed by atoms with Gasteiger partial charge >= 0.3 is 35.8 Å². The van der Waals surface area contributed by atoms with Gasteiger partial charge in [-0.25, -0.2) is 4.79 Å². The number of ether oxygens (including phenoxy) is 6. The zero-order chi connectivity index (χ0) is 47.2. The predicted molar refractivity (Wildman–Crippen MR) is 249 cm³/mol. The first-order chi connectivity index (χ1) is 31.1. The molecule has 13 heteroatoms. The number of esters is 6. The molecule has 0 saturated heterocycles. The van der Waals surface area contributed by atoms with Crippen LogP contribution in [0.5, 0.6) is 0 Å². The van der Waals surface area contributed by atoms with Crippen LogP contribution in [0.3, 0.4) is 0 Å². The van der Waals surface area contributed by atoms with Crippen molar-refractivity contribution in [2.24, 2.45) is 0 Å². The van der Waals surface area contributed by atoms with Crippen LogP contribution in [-0.4, -0.2) is 86.2 Å². The summed E-state index contributed by atoms with van der Waals surface area (Å²) in [6.45, 7) is 7.68. The van der Waals surface area contributed by atoms with E-state index in [4.69, 9.17) is 28.4 Å². The molecule has 0 aromatic carbocycles. The Morgan fingerprint density at radius 3 is 0.797 bits per heavy atom. The van der Waals surface area contributed by atoms with E-state index >= 15 is 0 Å². The van der Waals surface area contributed by atoms with E-state index < -0.39 is 36.4 Å². The molecule has 0 aromatic heterocycles. The highest BCUT2D eigenvalue weighted by molar-refractivity contribution is 5.90. The third-order valence-corrected chi connectivity index (χ3v) is 11.1. The van der Waals surface area contributed by atoms with Gasteiger partial charge in [0.2, 0.25) is 0 Å². The fourth-order valence-electron chi connectivity index (χ4n) is 7.05. The number of carbonyl (C=O) groups is 6. The van der Waals surface area contributed by atoms with Crippen molar-refractivity contribution < 1.29 is 62.3 Å². The summed E-state index contributed by atoms with van der Waals surface area (Å²) in [4.78, 5) is 74.7. The molecule has 0 aliphatic heterocycles. The van der Waals surface area contributed by atoms with Gasteiger partial charge in [-0.1, -0.05) is 117 Å². The van der Waals surface area contributed by atoms with Crippen LogP contribution in [0.25, 0.3) is 0 Å². The molecule has 0 aliphatic carbocycles. The van der Waals surface area contributed by atoms with E-state index in [-0.39, 0.29) is 37.7 Å². The van der Waals surface area contributed by atoms with Crippen LogP contribution in [0.1, 0.15) is 245 Å². The lowest BCUT2D eigenvalue weighted by Crippen LogP contribution is -2.45. The van der Waals surface area contributed by atoms with E-state index in [1.54, 1.807) is 0 Å². The number of rotatable bonds is 47. The minimum absolute atomic E-state index is 0.0220. The average Bonchev–Trinajstić information content (AvgIpc) is 3.27. The summed E-state index contributed by atoms with van der Waals surface area (Å²) >= 11 is 0. The SMILES string of the molecule is CCCCCCCCC(=O)OCCCCCCOC(=O)CC(O)(CC(=O)OCCCCCCOC(=O)CCCCCCCC)C(=O)OCCCCCCOC(=O)CCCCCCCC. The Labute approximate surface area is 387 Å². The van der Waals surface area contributed by atoms with Crippen LogP contribution in [0.4, 0.5) is 0 Å². The van der Waals surface area contributed by atoms with Gasteiger partial charge in [-0.15, -0.1) is 0 Å². The van der Waals surface area contributed by atoms with Crippen molar-refractivity contribution in [3.8, 4) is 0 Å². The molecular weight excluding hydrogens is 821 g/mol. The first kappa shape index (κ1) is 60.8. The minimum Gasteiger partial charge on any atom is -0.466 e. The van der Waals surface area contributed by atoms with Crippen molar-refractivity contribution in [2.75, 3.05) is 39.6 Å². The van der Waals surface area contributed by atoms with E-state index in [1.807, 2.05) is 0 Å². The monoisotopic (exact) mass is 913 g/mol. The quantitative estimate of drug-likeness (QED) is 0.0347. The molecule has 0 saturated carbocycles. The Bertz CT molecular complexity index is 1120. The Balaban J connectivity index is 4.63. The van der Waals surface area contributed by atoms with Gasteiger partial charge in [0.1, 0.15) is 0 Å². The molecule has 0 spiro atoms. The van der Waals surface area contributed by atoms with Crippen LogP contribution in [0, 0.1) is 0 Å². The van der Waals surface area contributed by atoms with Crippen LogP contribution in [0.2, 0.25) is 0 Å². The molecule has 1 N–H and O–H groups in total. The maximum Gasteiger partial charge on any atom is 0.339 e. The highest BCUT2D eigenvalue weighted by Crippen LogP contribution is 2.21. The summed E-state index contributed by atoms with van der Waals surface area (Å²) in [6.07, 6.45) is 27.9. The van der Waals surface area contributed by atoms with Gasteiger partial charge in [-0.2, -0.15) is 0 Å². The third kappa shape index (κ3) is 40.3. The number of aliphatic hydroxyl groups is 1. The molecule has 0 bridgehead atoms. The van der Waals surface area contributed by atoms with Crippen molar-refractivity contribution in [1.82, 2.24) is 0 Å². The molecule has 13 nitrogen and oxygen atoms in total. The summed E-state index contributed by atoms with van der Waals surface area (Å²) in [7, 11) is 0. The van der Waals surface area contributed by atoms with Crippen molar-refractivity contribution in [1.29, 1.82) is 0 Å². The Morgan fingerprint density at radius 2 is 0.516 bits per heavy atom. The number of unbranched alkanes of at least 4 members (excludes halogenated alkanes) is 24. The largest absolute Gasteiger partial charge is 0.466 e. The highest BCUT2D eigenvalue weighted by atomic mass is 16.6. The molecule has 0 aromatic rings. The van der Waals surface area contributed by atoms with Crippen molar-refractivity contribution >= 4 is 35.8 Å². The summed E-state index contributed by atoms with van der Waals surface area (Å²) in [5.41, 5.74) is -2.46. The average molecular weight is 913 g/mol. The lowest BCUT2D eigenvalue weighted by atomic mass is 9.95.